The van der Waals surface area contributed by atoms with E-state index in [9.17, 15) is 14.7 Å². The normalized spacial score (nSPS) is 13.7. The van der Waals surface area contributed by atoms with Crippen LogP contribution in [0.3, 0.4) is 0 Å². The minimum atomic E-state index is -0.897. The lowest BCUT2D eigenvalue weighted by molar-refractivity contribution is 0.0695. The number of fused-ring (bicyclic) bond motifs is 1. The van der Waals surface area contributed by atoms with Crippen LogP contribution in [0.4, 0.5) is 4.79 Å². The third kappa shape index (κ3) is 3.35. The molecule has 1 heterocycles. The Kier molecular flexibility index (Phi) is 4.83. The van der Waals surface area contributed by atoms with Crippen molar-refractivity contribution in [3.63, 3.8) is 0 Å². The van der Waals surface area contributed by atoms with Crippen molar-refractivity contribution in [2.75, 3.05) is 20.1 Å². The van der Waals surface area contributed by atoms with Crippen LogP contribution in [0.5, 0.6) is 0 Å². The molecule has 0 radical (unpaired) electrons. The van der Waals surface area contributed by atoms with Gasteiger partial charge in [-0.2, -0.15) is 0 Å². The number of carboxylic acids is 1. The maximum atomic E-state index is 12.4. The van der Waals surface area contributed by atoms with Gasteiger partial charge in [0.25, 0.3) is 0 Å². The average molecular weight is 290 g/mol. The molecule has 0 atom stereocenters. The maximum absolute atomic E-state index is 12.4. The predicted octanol–water partition coefficient (Wildman–Crippen LogP) is 2.59. The Labute approximate surface area is 125 Å². The van der Waals surface area contributed by atoms with E-state index in [0.717, 1.165) is 30.5 Å². The van der Waals surface area contributed by atoms with Crippen molar-refractivity contribution in [1.82, 2.24) is 9.80 Å². The SMILES string of the molecule is CCCCN(C)C(=O)N1CCc2c(cccc2C(=O)O)C1. The molecule has 0 saturated heterocycles. The molecule has 0 spiro atoms. The molecule has 0 unspecified atom stereocenters. The molecule has 2 rings (SSSR count). The molecular weight excluding hydrogens is 268 g/mol. The van der Waals surface area contributed by atoms with Gasteiger partial charge in [0.2, 0.25) is 0 Å². The monoisotopic (exact) mass is 290 g/mol. The Morgan fingerprint density at radius 1 is 1.38 bits per heavy atom. The highest BCUT2D eigenvalue weighted by molar-refractivity contribution is 5.90. The third-order valence-electron chi connectivity index (χ3n) is 3.94. The molecule has 5 nitrogen and oxygen atoms in total. The largest absolute Gasteiger partial charge is 0.478 e. The lowest BCUT2D eigenvalue weighted by atomic mass is 9.94. The van der Waals surface area contributed by atoms with Crippen LogP contribution in [0.25, 0.3) is 0 Å². The first-order valence-corrected chi connectivity index (χ1v) is 7.38. The number of benzene rings is 1. The molecule has 1 aromatic rings. The quantitative estimate of drug-likeness (QED) is 0.927. The average Bonchev–Trinajstić information content (AvgIpc) is 2.50. The maximum Gasteiger partial charge on any atom is 0.335 e. The van der Waals surface area contributed by atoms with Crippen LogP contribution in [-0.4, -0.2) is 47.0 Å². The van der Waals surface area contributed by atoms with Gasteiger partial charge in [0, 0.05) is 26.7 Å². The fourth-order valence-corrected chi connectivity index (χ4v) is 2.71. The number of unbranched alkanes of at least 4 members (excludes halogenated alkanes) is 1. The van der Waals surface area contributed by atoms with Crippen LogP contribution in [0.15, 0.2) is 18.2 Å². The molecule has 1 aliphatic heterocycles. The first-order chi connectivity index (χ1) is 10.0. The predicted molar refractivity (Wildman–Crippen MR) is 80.4 cm³/mol. The van der Waals surface area contributed by atoms with Gasteiger partial charge >= 0.3 is 12.0 Å². The van der Waals surface area contributed by atoms with Crippen LogP contribution in [0.2, 0.25) is 0 Å². The number of carbonyl (C=O) groups is 2. The summed E-state index contributed by atoms with van der Waals surface area (Å²) in [5, 5.41) is 9.21. The highest BCUT2D eigenvalue weighted by atomic mass is 16.4. The Bertz CT molecular complexity index is 542. The van der Waals surface area contributed by atoms with E-state index in [-0.39, 0.29) is 6.03 Å². The van der Waals surface area contributed by atoms with Crippen molar-refractivity contribution in [2.24, 2.45) is 0 Å². The van der Waals surface area contributed by atoms with Gasteiger partial charge in [-0.25, -0.2) is 9.59 Å². The number of amides is 2. The number of rotatable bonds is 4. The van der Waals surface area contributed by atoms with Gasteiger partial charge in [-0.15, -0.1) is 0 Å². The zero-order chi connectivity index (χ0) is 15.4. The summed E-state index contributed by atoms with van der Waals surface area (Å²) in [5.41, 5.74) is 2.17. The highest BCUT2D eigenvalue weighted by Gasteiger charge is 2.25. The van der Waals surface area contributed by atoms with Gasteiger partial charge < -0.3 is 14.9 Å². The number of aromatic carboxylic acids is 1. The van der Waals surface area contributed by atoms with Crippen molar-refractivity contribution in [1.29, 1.82) is 0 Å². The van der Waals surface area contributed by atoms with E-state index in [1.54, 1.807) is 21.9 Å². The highest BCUT2D eigenvalue weighted by Crippen LogP contribution is 2.23. The number of urea groups is 1. The number of carboxylic acid groups (broad SMARTS) is 1. The number of nitrogens with zero attached hydrogens (tertiary/aromatic N) is 2. The van der Waals surface area contributed by atoms with E-state index in [2.05, 4.69) is 6.92 Å². The van der Waals surface area contributed by atoms with Crippen LogP contribution in [0.1, 0.15) is 41.3 Å². The Morgan fingerprint density at radius 2 is 2.14 bits per heavy atom. The molecule has 5 heteroatoms. The topological polar surface area (TPSA) is 60.9 Å². The summed E-state index contributed by atoms with van der Waals surface area (Å²) in [6, 6.07) is 5.31. The summed E-state index contributed by atoms with van der Waals surface area (Å²) < 4.78 is 0. The van der Waals surface area contributed by atoms with Crippen molar-refractivity contribution in [2.45, 2.75) is 32.7 Å². The zero-order valence-corrected chi connectivity index (χ0v) is 12.6. The van der Waals surface area contributed by atoms with Crippen LogP contribution in [-0.2, 0) is 13.0 Å². The lowest BCUT2D eigenvalue weighted by Crippen LogP contribution is -2.44. The Balaban J connectivity index is 2.11. The van der Waals surface area contributed by atoms with Gasteiger partial charge in [0.05, 0.1) is 5.56 Å². The smallest absolute Gasteiger partial charge is 0.335 e. The summed E-state index contributed by atoms with van der Waals surface area (Å²) >= 11 is 0. The van der Waals surface area contributed by atoms with Crippen molar-refractivity contribution < 1.29 is 14.7 Å². The second-order valence-corrected chi connectivity index (χ2v) is 5.48. The Morgan fingerprint density at radius 3 is 2.81 bits per heavy atom. The number of hydrogen-bond donors (Lipinski definition) is 1. The second-order valence-electron chi connectivity index (χ2n) is 5.48. The molecule has 0 saturated carbocycles. The fraction of sp³-hybridized carbons (Fsp3) is 0.500. The molecule has 0 fully saturated rings. The van der Waals surface area contributed by atoms with Crippen LogP contribution >= 0.6 is 0 Å². The second kappa shape index (κ2) is 6.61. The molecule has 1 aliphatic rings. The van der Waals surface area contributed by atoms with Gasteiger partial charge in [0.15, 0.2) is 0 Å². The zero-order valence-electron chi connectivity index (χ0n) is 12.6. The fourth-order valence-electron chi connectivity index (χ4n) is 2.71. The van der Waals surface area contributed by atoms with Crippen LogP contribution < -0.4 is 0 Å². The van der Waals surface area contributed by atoms with Gasteiger partial charge in [-0.05, 0) is 30.0 Å². The summed E-state index contributed by atoms with van der Waals surface area (Å²) in [4.78, 5) is 27.1. The molecule has 0 bridgehead atoms. The minimum absolute atomic E-state index is 0.0230. The van der Waals surface area contributed by atoms with Gasteiger partial charge in [-0.1, -0.05) is 25.5 Å². The summed E-state index contributed by atoms with van der Waals surface area (Å²) in [6.45, 7) is 3.93. The third-order valence-corrected chi connectivity index (χ3v) is 3.94. The molecular formula is C16H22N2O3. The van der Waals surface area contributed by atoms with E-state index in [1.165, 1.54) is 0 Å². The van der Waals surface area contributed by atoms with Gasteiger partial charge in [-0.3, -0.25) is 0 Å². The van der Waals surface area contributed by atoms with E-state index in [1.807, 2.05) is 13.1 Å². The standard InChI is InChI=1S/C16H22N2O3/c1-3-4-9-17(2)16(21)18-10-8-13-12(11-18)6-5-7-14(13)15(19)20/h5-7H,3-4,8-11H2,1-2H3,(H,19,20). The van der Waals surface area contributed by atoms with E-state index in [4.69, 9.17) is 0 Å². The van der Waals surface area contributed by atoms with E-state index in [0.29, 0.717) is 25.1 Å². The van der Waals surface area contributed by atoms with Crippen LogP contribution in [0, 0.1) is 0 Å². The summed E-state index contributed by atoms with van der Waals surface area (Å²) in [6.07, 6.45) is 2.66. The first-order valence-electron chi connectivity index (χ1n) is 7.38. The Hall–Kier alpha value is -2.04. The first kappa shape index (κ1) is 15.4. The van der Waals surface area contributed by atoms with Crippen molar-refractivity contribution in [3.05, 3.63) is 34.9 Å². The lowest BCUT2D eigenvalue weighted by Gasteiger charge is -2.32. The molecule has 21 heavy (non-hydrogen) atoms. The molecule has 0 aliphatic carbocycles. The molecule has 1 aromatic carbocycles. The molecule has 2 amide bonds. The molecule has 0 aromatic heterocycles. The summed E-state index contributed by atoms with van der Waals surface area (Å²) in [5.74, 6) is -0.897. The number of hydrogen-bond acceptors (Lipinski definition) is 2. The molecule has 1 N–H and O–H groups in total. The van der Waals surface area contributed by atoms with E-state index >= 15 is 0 Å². The summed E-state index contributed by atoms with van der Waals surface area (Å²) in [7, 11) is 1.82. The van der Waals surface area contributed by atoms with E-state index < -0.39 is 5.97 Å². The van der Waals surface area contributed by atoms with Gasteiger partial charge in [0.1, 0.15) is 0 Å². The van der Waals surface area contributed by atoms with Crippen molar-refractivity contribution >= 4 is 12.0 Å². The minimum Gasteiger partial charge on any atom is -0.478 e. The molecule has 114 valence electrons. The number of carbonyl (C=O) groups excluding carboxylic acids is 1. The van der Waals surface area contributed by atoms with Crippen molar-refractivity contribution in [3.8, 4) is 0 Å².